The fourth-order valence-corrected chi connectivity index (χ4v) is 4.59. The van der Waals surface area contributed by atoms with E-state index in [9.17, 15) is 13.2 Å². The molecule has 33 heavy (non-hydrogen) atoms. The Balaban J connectivity index is 1.48. The quantitative estimate of drug-likeness (QED) is 0.344. The minimum atomic E-state index is -3.40. The maximum Gasteiger partial charge on any atom is 0.265 e. The molecule has 4 rings (SSSR count). The minimum Gasteiger partial charge on any atom is -0.488 e. The molecule has 3 aromatic carbocycles. The van der Waals surface area contributed by atoms with Crippen LogP contribution in [0.25, 0.3) is 11.1 Å². The Morgan fingerprint density at radius 1 is 0.909 bits per heavy atom. The van der Waals surface area contributed by atoms with Gasteiger partial charge >= 0.3 is 0 Å². The number of carbonyl (C=O) groups excluding carboxylic acids is 1. The average Bonchev–Trinajstić information content (AvgIpc) is 3.28. The molecular weight excluding hydrogens is 456 g/mol. The number of ether oxygens (including phenoxy) is 1. The zero-order valence-electron chi connectivity index (χ0n) is 17.8. The molecule has 8 heteroatoms. The van der Waals surface area contributed by atoms with Crippen molar-refractivity contribution in [2.24, 2.45) is 0 Å². The number of anilines is 2. The molecule has 0 aliphatic heterocycles. The summed E-state index contributed by atoms with van der Waals surface area (Å²) in [5.74, 6) is 0.469. The standard InChI is InChI=1S/C25H22N2O4S2/c1-33(29,30)27-21-11-7-10-20(15-21)26-25(28)24-14-19(17-32-24)22-12-5-6-13-23(22)31-16-18-8-3-2-4-9-18/h2-15,17,27H,16H2,1H3,(H,26,28). The fraction of sp³-hybridized carbons (Fsp3) is 0.0800. The molecule has 0 bridgehead atoms. The third-order valence-corrected chi connectivity index (χ3v) is 6.22. The summed E-state index contributed by atoms with van der Waals surface area (Å²) in [6.07, 6.45) is 1.08. The topological polar surface area (TPSA) is 84.5 Å². The highest BCUT2D eigenvalue weighted by Gasteiger charge is 2.14. The highest BCUT2D eigenvalue weighted by Crippen LogP contribution is 2.34. The van der Waals surface area contributed by atoms with E-state index in [2.05, 4.69) is 10.0 Å². The summed E-state index contributed by atoms with van der Waals surface area (Å²) in [5, 5.41) is 4.73. The maximum absolute atomic E-state index is 12.8. The number of carbonyl (C=O) groups is 1. The van der Waals surface area contributed by atoms with Crippen molar-refractivity contribution < 1.29 is 17.9 Å². The second kappa shape index (κ2) is 9.89. The Bertz CT molecular complexity index is 1370. The van der Waals surface area contributed by atoms with Crippen LogP contribution in [0, 0.1) is 0 Å². The van der Waals surface area contributed by atoms with Crippen LogP contribution in [0.5, 0.6) is 5.75 Å². The Labute approximate surface area is 196 Å². The van der Waals surface area contributed by atoms with Crippen molar-refractivity contribution in [3.63, 3.8) is 0 Å². The number of hydrogen-bond acceptors (Lipinski definition) is 5. The van der Waals surface area contributed by atoms with Gasteiger partial charge in [-0.1, -0.05) is 54.6 Å². The SMILES string of the molecule is CS(=O)(=O)Nc1cccc(NC(=O)c2cc(-c3ccccc3OCc3ccccc3)cs2)c1. The van der Waals surface area contributed by atoms with E-state index in [0.29, 0.717) is 22.9 Å². The molecule has 1 heterocycles. The molecule has 4 aromatic rings. The second-order valence-electron chi connectivity index (χ2n) is 7.38. The number of rotatable bonds is 8. The van der Waals surface area contributed by atoms with Crippen molar-refractivity contribution in [1.82, 2.24) is 0 Å². The summed E-state index contributed by atoms with van der Waals surface area (Å²) in [4.78, 5) is 13.3. The largest absolute Gasteiger partial charge is 0.488 e. The second-order valence-corrected chi connectivity index (χ2v) is 10.0. The summed E-state index contributed by atoms with van der Waals surface area (Å²) in [6.45, 7) is 0.452. The molecule has 0 atom stereocenters. The highest BCUT2D eigenvalue weighted by atomic mass is 32.2. The number of nitrogens with one attached hydrogen (secondary N) is 2. The molecule has 0 saturated carbocycles. The number of para-hydroxylation sites is 1. The lowest BCUT2D eigenvalue weighted by Crippen LogP contribution is -2.12. The summed E-state index contributed by atoms with van der Waals surface area (Å²) in [6, 6.07) is 26.0. The lowest BCUT2D eigenvalue weighted by molar-refractivity contribution is 0.103. The van der Waals surface area contributed by atoms with Crippen molar-refractivity contribution in [3.05, 3.63) is 101 Å². The third kappa shape index (κ3) is 6.21. The molecule has 0 unspecified atom stereocenters. The smallest absolute Gasteiger partial charge is 0.265 e. The summed E-state index contributed by atoms with van der Waals surface area (Å²) in [7, 11) is -3.40. The van der Waals surface area contributed by atoms with E-state index in [1.807, 2.05) is 66.0 Å². The molecule has 1 amide bonds. The first-order chi connectivity index (χ1) is 15.9. The van der Waals surface area contributed by atoms with Crippen LogP contribution in [0.1, 0.15) is 15.2 Å². The summed E-state index contributed by atoms with van der Waals surface area (Å²) < 4.78 is 31.3. The first-order valence-corrected chi connectivity index (χ1v) is 12.9. The van der Waals surface area contributed by atoms with Gasteiger partial charge in [-0.3, -0.25) is 9.52 Å². The minimum absolute atomic E-state index is 0.273. The van der Waals surface area contributed by atoms with Gasteiger partial charge in [-0.05, 0) is 46.8 Å². The Kier molecular flexibility index (Phi) is 6.76. The van der Waals surface area contributed by atoms with Crippen LogP contribution < -0.4 is 14.8 Å². The van der Waals surface area contributed by atoms with Gasteiger partial charge in [-0.2, -0.15) is 0 Å². The van der Waals surface area contributed by atoms with Gasteiger partial charge in [0.2, 0.25) is 10.0 Å². The van der Waals surface area contributed by atoms with Crippen LogP contribution >= 0.6 is 11.3 Å². The number of amides is 1. The van der Waals surface area contributed by atoms with Crippen LogP contribution in [0.4, 0.5) is 11.4 Å². The van der Waals surface area contributed by atoms with Crippen LogP contribution in [-0.4, -0.2) is 20.6 Å². The van der Waals surface area contributed by atoms with Gasteiger partial charge in [0.05, 0.1) is 16.8 Å². The van der Waals surface area contributed by atoms with E-state index < -0.39 is 10.0 Å². The normalized spacial score (nSPS) is 11.1. The van der Waals surface area contributed by atoms with E-state index in [0.717, 1.165) is 28.7 Å². The van der Waals surface area contributed by atoms with Gasteiger partial charge in [0.25, 0.3) is 5.91 Å². The van der Waals surface area contributed by atoms with E-state index in [1.165, 1.54) is 11.3 Å². The van der Waals surface area contributed by atoms with Crippen molar-refractivity contribution in [2.45, 2.75) is 6.61 Å². The molecule has 0 fully saturated rings. The third-order valence-electron chi connectivity index (χ3n) is 4.68. The Morgan fingerprint density at radius 2 is 1.64 bits per heavy atom. The molecule has 1 aromatic heterocycles. The molecule has 6 nitrogen and oxygen atoms in total. The summed E-state index contributed by atoms with van der Waals surface area (Å²) >= 11 is 1.33. The fourth-order valence-electron chi connectivity index (χ4n) is 3.23. The van der Waals surface area contributed by atoms with Crippen LogP contribution in [0.2, 0.25) is 0 Å². The predicted octanol–water partition coefficient (Wildman–Crippen LogP) is 5.62. The maximum atomic E-state index is 12.8. The van der Waals surface area contributed by atoms with E-state index in [1.54, 1.807) is 24.3 Å². The van der Waals surface area contributed by atoms with E-state index in [4.69, 9.17) is 4.74 Å². The first-order valence-electron chi connectivity index (χ1n) is 10.1. The Morgan fingerprint density at radius 3 is 2.42 bits per heavy atom. The monoisotopic (exact) mass is 478 g/mol. The van der Waals surface area contributed by atoms with Gasteiger partial charge < -0.3 is 10.1 Å². The zero-order chi connectivity index (χ0) is 23.3. The number of thiophene rings is 1. The lowest BCUT2D eigenvalue weighted by atomic mass is 10.1. The molecular formula is C25H22N2O4S2. The van der Waals surface area contributed by atoms with Crippen molar-refractivity contribution in [1.29, 1.82) is 0 Å². The predicted molar refractivity (Wildman–Crippen MR) is 133 cm³/mol. The Hall–Kier alpha value is -3.62. The molecule has 0 saturated heterocycles. The molecule has 0 spiro atoms. The van der Waals surface area contributed by atoms with Gasteiger partial charge in [0.15, 0.2) is 0 Å². The molecule has 2 N–H and O–H groups in total. The van der Waals surface area contributed by atoms with Crippen LogP contribution in [0.3, 0.4) is 0 Å². The van der Waals surface area contributed by atoms with Crippen molar-refractivity contribution in [3.8, 4) is 16.9 Å². The highest BCUT2D eigenvalue weighted by molar-refractivity contribution is 7.92. The number of sulfonamides is 1. The van der Waals surface area contributed by atoms with Crippen molar-refractivity contribution in [2.75, 3.05) is 16.3 Å². The molecule has 0 aliphatic rings. The van der Waals surface area contributed by atoms with Gasteiger partial charge in [-0.25, -0.2) is 8.42 Å². The van der Waals surface area contributed by atoms with Crippen LogP contribution in [-0.2, 0) is 16.6 Å². The molecule has 168 valence electrons. The van der Waals surface area contributed by atoms with Crippen LogP contribution in [0.15, 0.2) is 90.3 Å². The number of hydrogen-bond donors (Lipinski definition) is 2. The van der Waals surface area contributed by atoms with E-state index >= 15 is 0 Å². The number of benzene rings is 3. The molecule has 0 radical (unpaired) electrons. The van der Waals surface area contributed by atoms with Gasteiger partial charge in [0.1, 0.15) is 12.4 Å². The first kappa shape index (κ1) is 22.6. The summed E-state index contributed by atoms with van der Waals surface area (Å²) in [5.41, 5.74) is 3.75. The van der Waals surface area contributed by atoms with E-state index in [-0.39, 0.29) is 5.91 Å². The van der Waals surface area contributed by atoms with Crippen molar-refractivity contribution >= 4 is 38.6 Å². The average molecular weight is 479 g/mol. The van der Waals surface area contributed by atoms with Gasteiger partial charge in [-0.15, -0.1) is 11.3 Å². The molecule has 0 aliphatic carbocycles. The zero-order valence-corrected chi connectivity index (χ0v) is 19.4. The van der Waals surface area contributed by atoms with Gasteiger partial charge in [0, 0.05) is 11.3 Å². The lowest BCUT2D eigenvalue weighted by Gasteiger charge is -2.10.